The predicted octanol–water partition coefficient (Wildman–Crippen LogP) is 4.46. The molecular formula is C13H16Br2O2. The van der Waals surface area contributed by atoms with Crippen molar-refractivity contribution in [2.75, 3.05) is 13.2 Å². The molecule has 94 valence electrons. The Morgan fingerprint density at radius 3 is 2.94 bits per heavy atom. The summed E-state index contributed by atoms with van der Waals surface area (Å²) in [5.74, 6) is 0.892. The van der Waals surface area contributed by atoms with Gasteiger partial charge in [-0.3, -0.25) is 0 Å². The topological polar surface area (TPSA) is 18.5 Å². The standard InChI is InChI=1S/C13H16Br2O2/c1-2-16-11-6-5-9(8-10(11)14)13(15)12-4-3-7-17-12/h5-6,8,12-13H,2-4,7H2,1H3. The Balaban J connectivity index is 2.12. The summed E-state index contributed by atoms with van der Waals surface area (Å²) in [4.78, 5) is 0.261. The lowest BCUT2D eigenvalue weighted by atomic mass is 10.1. The molecule has 2 rings (SSSR count). The molecule has 0 aliphatic carbocycles. The van der Waals surface area contributed by atoms with Gasteiger partial charge in [-0.25, -0.2) is 0 Å². The summed E-state index contributed by atoms with van der Waals surface area (Å²) in [6.45, 7) is 3.55. The number of ether oxygens (including phenoxy) is 2. The zero-order valence-corrected chi connectivity index (χ0v) is 13.0. The number of rotatable bonds is 4. The van der Waals surface area contributed by atoms with Crippen molar-refractivity contribution >= 4 is 31.9 Å². The molecule has 0 amide bonds. The summed E-state index contributed by atoms with van der Waals surface area (Å²) in [5, 5.41) is 0. The summed E-state index contributed by atoms with van der Waals surface area (Å²) in [5.41, 5.74) is 1.23. The Labute approximate surface area is 119 Å². The van der Waals surface area contributed by atoms with E-state index in [0.717, 1.165) is 29.7 Å². The fourth-order valence-electron chi connectivity index (χ4n) is 2.01. The minimum Gasteiger partial charge on any atom is -0.493 e. The van der Waals surface area contributed by atoms with Crippen molar-refractivity contribution in [1.82, 2.24) is 0 Å². The van der Waals surface area contributed by atoms with E-state index in [4.69, 9.17) is 9.47 Å². The molecule has 17 heavy (non-hydrogen) atoms. The van der Waals surface area contributed by atoms with Gasteiger partial charge in [-0.15, -0.1) is 0 Å². The van der Waals surface area contributed by atoms with E-state index in [9.17, 15) is 0 Å². The van der Waals surface area contributed by atoms with Gasteiger partial charge in [0, 0.05) is 6.61 Å². The average molecular weight is 364 g/mol. The van der Waals surface area contributed by atoms with Crippen LogP contribution in [0.1, 0.15) is 30.2 Å². The van der Waals surface area contributed by atoms with Gasteiger partial charge in [0.25, 0.3) is 0 Å². The van der Waals surface area contributed by atoms with Crippen molar-refractivity contribution in [3.8, 4) is 5.75 Å². The van der Waals surface area contributed by atoms with E-state index >= 15 is 0 Å². The molecule has 2 nitrogen and oxygen atoms in total. The van der Waals surface area contributed by atoms with Crippen molar-refractivity contribution in [1.29, 1.82) is 0 Å². The van der Waals surface area contributed by atoms with Gasteiger partial charge in [-0.05, 0) is 53.4 Å². The van der Waals surface area contributed by atoms with Gasteiger partial charge in [0.15, 0.2) is 0 Å². The molecule has 1 aliphatic rings. The normalized spacial score (nSPS) is 21.5. The Morgan fingerprint density at radius 2 is 2.35 bits per heavy atom. The molecule has 1 fully saturated rings. The quantitative estimate of drug-likeness (QED) is 0.735. The minimum atomic E-state index is 0.261. The average Bonchev–Trinajstić information content (AvgIpc) is 2.84. The summed E-state index contributed by atoms with van der Waals surface area (Å²) in [6.07, 6.45) is 2.57. The summed E-state index contributed by atoms with van der Waals surface area (Å²) >= 11 is 7.26. The van der Waals surface area contributed by atoms with Gasteiger partial charge in [0.2, 0.25) is 0 Å². The van der Waals surface area contributed by atoms with E-state index < -0.39 is 0 Å². The van der Waals surface area contributed by atoms with Crippen molar-refractivity contribution < 1.29 is 9.47 Å². The molecule has 1 aromatic carbocycles. The molecule has 1 saturated heterocycles. The maximum absolute atomic E-state index is 5.69. The number of hydrogen-bond donors (Lipinski definition) is 0. The molecule has 1 aliphatic heterocycles. The summed E-state index contributed by atoms with van der Waals surface area (Å²) in [6, 6.07) is 6.20. The van der Waals surface area contributed by atoms with E-state index in [1.807, 2.05) is 13.0 Å². The van der Waals surface area contributed by atoms with Crippen LogP contribution in [0.15, 0.2) is 22.7 Å². The molecule has 0 N–H and O–H groups in total. The van der Waals surface area contributed by atoms with Gasteiger partial charge in [-0.2, -0.15) is 0 Å². The second-order valence-corrected chi connectivity index (χ2v) is 5.92. The molecule has 0 aromatic heterocycles. The maximum Gasteiger partial charge on any atom is 0.133 e. The molecule has 0 bridgehead atoms. The third-order valence-corrected chi connectivity index (χ3v) is 4.60. The molecule has 0 radical (unpaired) electrons. The molecule has 0 spiro atoms. The van der Waals surface area contributed by atoms with Crippen LogP contribution >= 0.6 is 31.9 Å². The van der Waals surface area contributed by atoms with Crippen molar-refractivity contribution in [3.63, 3.8) is 0 Å². The number of halogens is 2. The molecular weight excluding hydrogens is 348 g/mol. The fraction of sp³-hybridized carbons (Fsp3) is 0.538. The van der Waals surface area contributed by atoms with Crippen LogP contribution in [0.25, 0.3) is 0 Å². The predicted molar refractivity (Wildman–Crippen MR) is 76.0 cm³/mol. The lowest BCUT2D eigenvalue weighted by Gasteiger charge is -2.18. The highest BCUT2D eigenvalue weighted by atomic mass is 79.9. The molecule has 2 atom stereocenters. The summed E-state index contributed by atoms with van der Waals surface area (Å²) in [7, 11) is 0. The van der Waals surface area contributed by atoms with E-state index in [1.54, 1.807) is 0 Å². The van der Waals surface area contributed by atoms with Crippen LogP contribution in [0.3, 0.4) is 0 Å². The second-order valence-electron chi connectivity index (χ2n) is 4.08. The summed E-state index contributed by atoms with van der Waals surface area (Å²) < 4.78 is 12.2. The van der Waals surface area contributed by atoms with Crippen LogP contribution in [-0.2, 0) is 4.74 Å². The van der Waals surface area contributed by atoms with E-state index in [-0.39, 0.29) is 4.83 Å². The van der Waals surface area contributed by atoms with E-state index in [0.29, 0.717) is 12.7 Å². The number of alkyl halides is 1. The lowest BCUT2D eigenvalue weighted by molar-refractivity contribution is 0.110. The highest BCUT2D eigenvalue weighted by Crippen LogP contribution is 2.37. The first-order valence-electron chi connectivity index (χ1n) is 5.90. The smallest absolute Gasteiger partial charge is 0.133 e. The highest BCUT2D eigenvalue weighted by molar-refractivity contribution is 9.10. The SMILES string of the molecule is CCOc1ccc(C(Br)C2CCCO2)cc1Br. The van der Waals surface area contributed by atoms with Gasteiger partial charge in [0.05, 0.1) is 22.0 Å². The van der Waals surface area contributed by atoms with Crippen LogP contribution in [0, 0.1) is 0 Å². The molecule has 1 aromatic rings. The largest absolute Gasteiger partial charge is 0.493 e. The van der Waals surface area contributed by atoms with Crippen molar-refractivity contribution in [3.05, 3.63) is 28.2 Å². The molecule has 1 heterocycles. The fourth-order valence-corrected chi connectivity index (χ4v) is 3.22. The minimum absolute atomic E-state index is 0.261. The van der Waals surface area contributed by atoms with Gasteiger partial charge < -0.3 is 9.47 Å². The van der Waals surface area contributed by atoms with Crippen LogP contribution < -0.4 is 4.74 Å². The Bertz CT molecular complexity index is 376. The lowest BCUT2D eigenvalue weighted by Crippen LogP contribution is -2.12. The zero-order valence-electron chi connectivity index (χ0n) is 9.79. The van der Waals surface area contributed by atoms with Gasteiger partial charge >= 0.3 is 0 Å². The monoisotopic (exact) mass is 362 g/mol. The van der Waals surface area contributed by atoms with Gasteiger partial charge in [0.1, 0.15) is 5.75 Å². The Morgan fingerprint density at radius 1 is 1.53 bits per heavy atom. The van der Waals surface area contributed by atoms with Crippen LogP contribution in [0.5, 0.6) is 5.75 Å². The third-order valence-electron chi connectivity index (χ3n) is 2.87. The van der Waals surface area contributed by atoms with Gasteiger partial charge in [-0.1, -0.05) is 22.0 Å². The first-order valence-corrected chi connectivity index (χ1v) is 7.61. The van der Waals surface area contributed by atoms with E-state index in [1.165, 1.54) is 5.56 Å². The first kappa shape index (κ1) is 13.4. The maximum atomic E-state index is 5.69. The Hall–Kier alpha value is -0.0600. The Kier molecular flexibility index (Phi) is 4.88. The van der Waals surface area contributed by atoms with Crippen LogP contribution in [-0.4, -0.2) is 19.3 Å². The first-order chi connectivity index (χ1) is 8.22. The number of hydrogen-bond acceptors (Lipinski definition) is 2. The van der Waals surface area contributed by atoms with E-state index in [2.05, 4.69) is 44.0 Å². The molecule has 2 unspecified atom stereocenters. The van der Waals surface area contributed by atoms with Crippen LogP contribution in [0.4, 0.5) is 0 Å². The molecule has 0 saturated carbocycles. The van der Waals surface area contributed by atoms with Crippen molar-refractivity contribution in [2.45, 2.75) is 30.7 Å². The molecule has 4 heteroatoms. The second kappa shape index (κ2) is 6.21. The van der Waals surface area contributed by atoms with Crippen molar-refractivity contribution in [2.24, 2.45) is 0 Å². The van der Waals surface area contributed by atoms with Crippen LogP contribution in [0.2, 0.25) is 0 Å². The zero-order chi connectivity index (χ0) is 12.3. The third kappa shape index (κ3) is 3.24. The highest BCUT2D eigenvalue weighted by Gasteiger charge is 2.25. The number of benzene rings is 1.